The minimum absolute atomic E-state index is 0.0466. The average molecular weight is 352 g/mol. The number of amides is 2. The molecule has 0 fully saturated rings. The summed E-state index contributed by atoms with van der Waals surface area (Å²) in [6.45, 7) is -0.603. The largest absolute Gasteiger partial charge is 0.481 e. The molecule has 0 aromatic heterocycles. The number of benzene rings is 2. The molecule has 0 saturated carbocycles. The van der Waals surface area contributed by atoms with E-state index in [0.717, 1.165) is 24.3 Å². The minimum Gasteiger partial charge on any atom is -0.481 e. The van der Waals surface area contributed by atoms with Crippen molar-refractivity contribution in [1.82, 2.24) is 0 Å². The Morgan fingerprint density at radius 2 is 1.64 bits per heavy atom. The van der Waals surface area contributed by atoms with Crippen molar-refractivity contribution < 1.29 is 27.5 Å². The minimum atomic E-state index is -0.946. The second kappa shape index (κ2) is 8.18. The van der Waals surface area contributed by atoms with Crippen molar-refractivity contribution in [3.05, 3.63) is 59.9 Å². The molecule has 0 atom stereocenters. The van der Waals surface area contributed by atoms with Gasteiger partial charge in [0.05, 0.1) is 0 Å². The van der Waals surface area contributed by atoms with E-state index in [2.05, 4.69) is 0 Å². The van der Waals surface area contributed by atoms with Gasteiger partial charge in [0, 0.05) is 24.7 Å². The number of carbonyl (C=O) groups excluding carboxylic acids is 2. The quantitative estimate of drug-likeness (QED) is 0.832. The predicted octanol–water partition coefficient (Wildman–Crippen LogP) is 2.39. The lowest BCUT2D eigenvalue weighted by Gasteiger charge is -2.22. The van der Waals surface area contributed by atoms with E-state index in [4.69, 9.17) is 10.5 Å². The topological polar surface area (TPSA) is 72.6 Å². The van der Waals surface area contributed by atoms with E-state index in [9.17, 15) is 22.8 Å². The standard InChI is InChI=1S/C17H15F3N2O3/c18-11-1-4-13(5-2-11)22(8-7-16(21)23)17(24)10-25-15-6-3-12(19)9-14(15)20/h1-6,9H,7-8,10H2,(H2,21,23). The van der Waals surface area contributed by atoms with Crippen molar-refractivity contribution in [3.63, 3.8) is 0 Å². The van der Waals surface area contributed by atoms with Crippen molar-refractivity contribution in [3.8, 4) is 5.75 Å². The SMILES string of the molecule is NC(=O)CCN(C(=O)COc1ccc(F)cc1F)c1ccc(F)cc1. The maximum atomic E-state index is 13.5. The second-order valence-electron chi connectivity index (χ2n) is 5.10. The van der Waals surface area contributed by atoms with Crippen molar-refractivity contribution in [2.45, 2.75) is 6.42 Å². The number of halogens is 3. The van der Waals surface area contributed by atoms with Crippen LogP contribution in [-0.4, -0.2) is 25.0 Å². The van der Waals surface area contributed by atoms with Crippen LogP contribution in [0.1, 0.15) is 6.42 Å². The third-order valence-corrected chi connectivity index (χ3v) is 3.27. The van der Waals surface area contributed by atoms with E-state index in [1.54, 1.807) is 0 Å². The summed E-state index contributed by atoms with van der Waals surface area (Å²) in [6, 6.07) is 7.70. The number of ether oxygens (including phenoxy) is 1. The van der Waals surface area contributed by atoms with Crippen molar-refractivity contribution >= 4 is 17.5 Å². The van der Waals surface area contributed by atoms with Crippen LogP contribution in [-0.2, 0) is 9.59 Å². The zero-order chi connectivity index (χ0) is 18.4. The fourth-order valence-corrected chi connectivity index (χ4v) is 2.05. The van der Waals surface area contributed by atoms with Gasteiger partial charge >= 0.3 is 0 Å². The lowest BCUT2D eigenvalue weighted by Crippen LogP contribution is -2.37. The molecule has 0 radical (unpaired) electrons. The molecule has 0 aliphatic carbocycles. The van der Waals surface area contributed by atoms with Crippen LogP contribution in [0, 0.1) is 17.5 Å². The van der Waals surface area contributed by atoms with Gasteiger partial charge in [-0.25, -0.2) is 13.2 Å². The van der Waals surface area contributed by atoms with E-state index in [1.807, 2.05) is 0 Å². The van der Waals surface area contributed by atoms with Gasteiger partial charge in [-0.3, -0.25) is 9.59 Å². The summed E-state index contributed by atoms with van der Waals surface area (Å²) < 4.78 is 44.5. The van der Waals surface area contributed by atoms with Crippen LogP contribution in [0.2, 0.25) is 0 Å². The summed E-state index contributed by atoms with van der Waals surface area (Å²) in [5, 5.41) is 0. The number of nitrogens with two attached hydrogens (primary N) is 1. The maximum absolute atomic E-state index is 13.5. The smallest absolute Gasteiger partial charge is 0.264 e. The molecule has 0 unspecified atom stereocenters. The number of anilines is 1. The maximum Gasteiger partial charge on any atom is 0.264 e. The molecule has 25 heavy (non-hydrogen) atoms. The lowest BCUT2D eigenvalue weighted by atomic mass is 10.2. The van der Waals surface area contributed by atoms with Gasteiger partial charge in [0.15, 0.2) is 18.2 Å². The van der Waals surface area contributed by atoms with Crippen LogP contribution in [0.5, 0.6) is 5.75 Å². The molecule has 0 heterocycles. The molecule has 0 bridgehead atoms. The Morgan fingerprint density at radius 3 is 2.24 bits per heavy atom. The fourth-order valence-electron chi connectivity index (χ4n) is 2.05. The molecule has 2 aromatic carbocycles. The summed E-state index contributed by atoms with van der Waals surface area (Å²) in [5.74, 6) is -3.72. The Kier molecular flexibility index (Phi) is 5.99. The Balaban J connectivity index is 2.11. The molecular weight excluding hydrogens is 337 g/mol. The molecule has 0 spiro atoms. The number of primary amides is 1. The lowest BCUT2D eigenvalue weighted by molar-refractivity contribution is -0.120. The Hall–Kier alpha value is -3.03. The molecule has 2 amide bonds. The Morgan fingerprint density at radius 1 is 1.00 bits per heavy atom. The van der Waals surface area contributed by atoms with Crippen molar-refractivity contribution in [2.24, 2.45) is 5.73 Å². The summed E-state index contributed by atoms with van der Waals surface area (Å²) in [7, 11) is 0. The van der Waals surface area contributed by atoms with Crippen molar-refractivity contribution in [2.75, 3.05) is 18.1 Å². The summed E-state index contributed by atoms with van der Waals surface area (Å²) in [6.07, 6.45) is -0.117. The van der Waals surface area contributed by atoms with Crippen LogP contribution < -0.4 is 15.4 Å². The zero-order valence-electron chi connectivity index (χ0n) is 13.0. The average Bonchev–Trinajstić information content (AvgIpc) is 2.55. The summed E-state index contributed by atoms with van der Waals surface area (Å²) in [5.41, 5.74) is 5.42. The monoisotopic (exact) mass is 352 g/mol. The summed E-state index contributed by atoms with van der Waals surface area (Å²) in [4.78, 5) is 24.5. The number of nitrogens with zero attached hydrogens (tertiary/aromatic N) is 1. The number of hydrogen-bond donors (Lipinski definition) is 1. The Labute approximate surface area is 141 Å². The molecule has 132 valence electrons. The number of carbonyl (C=O) groups is 2. The molecule has 0 saturated heterocycles. The van der Waals surface area contributed by atoms with Gasteiger partial charge in [0.25, 0.3) is 5.91 Å². The summed E-state index contributed by atoms with van der Waals surface area (Å²) >= 11 is 0. The fraction of sp³-hybridized carbons (Fsp3) is 0.176. The van der Waals surface area contributed by atoms with Crippen LogP contribution in [0.3, 0.4) is 0 Å². The first kappa shape index (κ1) is 18.3. The van der Waals surface area contributed by atoms with Crippen molar-refractivity contribution in [1.29, 1.82) is 0 Å². The van der Waals surface area contributed by atoms with Crippen LogP contribution in [0.25, 0.3) is 0 Å². The molecule has 8 heteroatoms. The third-order valence-electron chi connectivity index (χ3n) is 3.27. The van der Waals surface area contributed by atoms with E-state index in [1.165, 1.54) is 17.0 Å². The predicted molar refractivity (Wildman–Crippen MR) is 84.4 cm³/mol. The second-order valence-corrected chi connectivity index (χ2v) is 5.10. The first-order valence-electron chi connectivity index (χ1n) is 7.29. The van der Waals surface area contributed by atoms with Crippen LogP contribution >= 0.6 is 0 Å². The Bertz CT molecular complexity index is 766. The highest BCUT2D eigenvalue weighted by atomic mass is 19.1. The van der Waals surface area contributed by atoms with E-state index in [0.29, 0.717) is 11.8 Å². The third kappa shape index (κ3) is 5.23. The molecular formula is C17H15F3N2O3. The highest BCUT2D eigenvalue weighted by molar-refractivity contribution is 5.95. The van der Waals surface area contributed by atoms with E-state index < -0.39 is 35.9 Å². The molecule has 2 rings (SSSR count). The van der Waals surface area contributed by atoms with E-state index >= 15 is 0 Å². The van der Waals surface area contributed by atoms with Crippen LogP contribution in [0.4, 0.5) is 18.9 Å². The van der Waals surface area contributed by atoms with Gasteiger partial charge in [-0.15, -0.1) is 0 Å². The molecule has 0 aliphatic rings. The first-order valence-corrected chi connectivity index (χ1v) is 7.29. The molecule has 2 N–H and O–H groups in total. The van der Waals surface area contributed by atoms with Gasteiger partial charge in [-0.05, 0) is 36.4 Å². The van der Waals surface area contributed by atoms with Gasteiger partial charge < -0.3 is 15.4 Å². The first-order chi connectivity index (χ1) is 11.9. The van der Waals surface area contributed by atoms with Gasteiger partial charge in [-0.1, -0.05) is 0 Å². The van der Waals surface area contributed by atoms with Gasteiger partial charge in [0.2, 0.25) is 5.91 Å². The number of rotatable bonds is 7. The number of hydrogen-bond acceptors (Lipinski definition) is 3. The molecule has 5 nitrogen and oxygen atoms in total. The molecule has 2 aromatic rings. The van der Waals surface area contributed by atoms with E-state index in [-0.39, 0.29) is 18.7 Å². The zero-order valence-corrected chi connectivity index (χ0v) is 13.0. The normalized spacial score (nSPS) is 10.4. The van der Waals surface area contributed by atoms with Gasteiger partial charge in [-0.2, -0.15) is 0 Å². The molecule has 0 aliphatic heterocycles. The van der Waals surface area contributed by atoms with Crippen LogP contribution in [0.15, 0.2) is 42.5 Å². The highest BCUT2D eigenvalue weighted by Gasteiger charge is 2.18. The highest BCUT2D eigenvalue weighted by Crippen LogP contribution is 2.19. The van der Waals surface area contributed by atoms with Gasteiger partial charge in [0.1, 0.15) is 11.6 Å².